The molecule has 1 N–H and O–H groups in total. The first-order chi connectivity index (χ1) is 8.31. The molecule has 0 fully saturated rings. The smallest absolute Gasteiger partial charge is 0.412 e. The van der Waals surface area contributed by atoms with Gasteiger partial charge in [0, 0.05) is 6.07 Å². The molecule has 0 heterocycles. The average Bonchev–Trinajstić information content (AvgIpc) is 2.20. The number of hydrogen-bond acceptors (Lipinski definition) is 3. The van der Waals surface area contributed by atoms with Crippen LogP contribution >= 0.6 is 0 Å². The first kappa shape index (κ1) is 14.4. The topological polar surface area (TPSA) is 47.6 Å². The molecule has 0 aliphatic rings. The zero-order valence-corrected chi connectivity index (χ0v) is 11.7. The molecular formula is C14H21NO3. The number of rotatable bonds is 3. The zero-order chi connectivity index (χ0) is 13.8. The summed E-state index contributed by atoms with van der Waals surface area (Å²) in [4.78, 5) is 11.7. The lowest BCUT2D eigenvalue weighted by Gasteiger charge is -2.20. The Kier molecular flexibility index (Phi) is 4.59. The van der Waals surface area contributed by atoms with Gasteiger partial charge in [-0.05, 0) is 46.2 Å². The fourth-order valence-electron chi connectivity index (χ4n) is 1.41. The quantitative estimate of drug-likeness (QED) is 0.890. The first-order valence-electron chi connectivity index (χ1n) is 6.05. The zero-order valence-electron chi connectivity index (χ0n) is 11.7. The Morgan fingerprint density at radius 1 is 1.33 bits per heavy atom. The number of anilines is 1. The predicted molar refractivity (Wildman–Crippen MR) is 72.2 cm³/mol. The molecule has 0 bridgehead atoms. The molecule has 0 atom stereocenters. The van der Waals surface area contributed by atoms with Crippen LogP contribution in [0.1, 0.15) is 33.3 Å². The molecule has 4 nitrogen and oxygen atoms in total. The van der Waals surface area contributed by atoms with E-state index >= 15 is 0 Å². The summed E-state index contributed by atoms with van der Waals surface area (Å²) in [5.41, 5.74) is 1.16. The molecule has 1 amide bonds. The summed E-state index contributed by atoms with van der Waals surface area (Å²) >= 11 is 0. The molecule has 0 aliphatic carbocycles. The Bertz CT molecular complexity index is 422. The van der Waals surface area contributed by atoms with Gasteiger partial charge in [-0.15, -0.1) is 0 Å². The minimum atomic E-state index is -0.504. The Balaban J connectivity index is 2.77. The second kappa shape index (κ2) is 5.76. The number of ether oxygens (including phenoxy) is 2. The van der Waals surface area contributed by atoms with Gasteiger partial charge in [0.25, 0.3) is 0 Å². The van der Waals surface area contributed by atoms with Crippen molar-refractivity contribution < 1.29 is 14.3 Å². The molecule has 1 aromatic carbocycles. The van der Waals surface area contributed by atoms with Crippen molar-refractivity contribution >= 4 is 11.8 Å². The van der Waals surface area contributed by atoms with Crippen LogP contribution in [0.2, 0.25) is 0 Å². The molecule has 1 aromatic rings. The molecule has 0 aromatic heterocycles. The maximum atomic E-state index is 11.7. The molecule has 18 heavy (non-hydrogen) atoms. The summed E-state index contributed by atoms with van der Waals surface area (Å²) in [6.07, 6.45) is -0.459. The lowest BCUT2D eigenvalue weighted by Crippen LogP contribution is -2.27. The van der Waals surface area contributed by atoms with Crippen LogP contribution in [0.5, 0.6) is 5.75 Å². The third-order valence-electron chi connectivity index (χ3n) is 2.16. The monoisotopic (exact) mass is 251 g/mol. The number of nitrogens with one attached hydrogen (secondary N) is 1. The maximum absolute atomic E-state index is 11.7. The molecule has 0 saturated carbocycles. The third kappa shape index (κ3) is 4.65. The second-order valence-electron chi connectivity index (χ2n) is 5.04. The van der Waals surface area contributed by atoms with Gasteiger partial charge in [-0.1, -0.05) is 6.07 Å². The van der Waals surface area contributed by atoms with Crippen LogP contribution in [-0.2, 0) is 4.74 Å². The van der Waals surface area contributed by atoms with Gasteiger partial charge in [-0.25, -0.2) is 4.79 Å². The highest BCUT2D eigenvalue weighted by Crippen LogP contribution is 2.22. The van der Waals surface area contributed by atoms with Crippen molar-refractivity contribution in [2.45, 2.75) is 40.2 Å². The Labute approximate surface area is 108 Å². The molecule has 100 valence electrons. The molecule has 4 heteroatoms. The number of amides is 1. The lowest BCUT2D eigenvalue weighted by molar-refractivity contribution is 0.0636. The molecule has 0 saturated heterocycles. The van der Waals surface area contributed by atoms with Crippen molar-refractivity contribution in [1.82, 2.24) is 0 Å². The van der Waals surface area contributed by atoms with Crippen molar-refractivity contribution in [3.05, 3.63) is 23.8 Å². The van der Waals surface area contributed by atoms with E-state index in [1.165, 1.54) is 0 Å². The highest BCUT2D eigenvalue weighted by atomic mass is 16.6. The van der Waals surface area contributed by atoms with Gasteiger partial charge in [0.15, 0.2) is 0 Å². The van der Waals surface area contributed by atoms with Crippen LogP contribution in [0.4, 0.5) is 10.5 Å². The number of carbonyl (C=O) groups excluding carboxylic acids is 1. The highest BCUT2D eigenvalue weighted by Gasteiger charge is 2.16. The average molecular weight is 251 g/mol. The summed E-state index contributed by atoms with van der Waals surface area (Å²) in [6.45, 7) is 9.92. The third-order valence-corrected chi connectivity index (χ3v) is 2.16. The molecular weight excluding hydrogens is 230 g/mol. The van der Waals surface area contributed by atoms with E-state index in [0.717, 1.165) is 11.3 Å². The molecule has 0 radical (unpaired) electrons. The minimum Gasteiger partial charge on any atom is -0.494 e. The Morgan fingerprint density at radius 3 is 2.56 bits per heavy atom. The van der Waals surface area contributed by atoms with Gasteiger partial charge in [-0.3, -0.25) is 5.32 Å². The molecule has 0 aliphatic heterocycles. The first-order valence-corrected chi connectivity index (χ1v) is 6.05. The fourth-order valence-corrected chi connectivity index (χ4v) is 1.41. The van der Waals surface area contributed by atoms with Gasteiger partial charge in [0.05, 0.1) is 12.3 Å². The Morgan fingerprint density at radius 2 is 2.00 bits per heavy atom. The van der Waals surface area contributed by atoms with Gasteiger partial charge >= 0.3 is 6.09 Å². The number of carbonyl (C=O) groups is 1. The van der Waals surface area contributed by atoms with E-state index < -0.39 is 11.7 Å². The minimum absolute atomic E-state index is 0.459. The summed E-state index contributed by atoms with van der Waals surface area (Å²) in [6, 6.07) is 5.57. The standard InChI is InChI=1S/C14H21NO3/c1-6-17-11-8-7-10(2)12(9-11)15-13(16)18-14(3,4)5/h7-9H,6H2,1-5H3,(H,15,16). The van der Waals surface area contributed by atoms with E-state index in [-0.39, 0.29) is 0 Å². The van der Waals surface area contributed by atoms with Crippen LogP contribution in [-0.4, -0.2) is 18.3 Å². The SMILES string of the molecule is CCOc1ccc(C)c(NC(=O)OC(C)(C)C)c1. The van der Waals surface area contributed by atoms with Crippen molar-refractivity contribution in [2.24, 2.45) is 0 Å². The summed E-state index contributed by atoms with van der Waals surface area (Å²) < 4.78 is 10.6. The fraction of sp³-hybridized carbons (Fsp3) is 0.500. The van der Waals surface area contributed by atoms with E-state index in [0.29, 0.717) is 12.3 Å². The van der Waals surface area contributed by atoms with Crippen LogP contribution in [0.3, 0.4) is 0 Å². The number of benzene rings is 1. The summed E-state index contributed by atoms with van der Waals surface area (Å²) in [5, 5.41) is 2.72. The van der Waals surface area contributed by atoms with E-state index in [1.54, 1.807) is 6.07 Å². The summed E-state index contributed by atoms with van der Waals surface area (Å²) in [7, 11) is 0. The van der Waals surface area contributed by atoms with Crippen molar-refractivity contribution in [3.63, 3.8) is 0 Å². The van der Waals surface area contributed by atoms with Crippen molar-refractivity contribution in [3.8, 4) is 5.75 Å². The van der Waals surface area contributed by atoms with E-state index in [2.05, 4.69) is 5.32 Å². The molecule has 1 rings (SSSR count). The number of aryl methyl sites for hydroxylation is 1. The van der Waals surface area contributed by atoms with Crippen molar-refractivity contribution in [1.29, 1.82) is 0 Å². The van der Waals surface area contributed by atoms with Crippen LogP contribution in [0.15, 0.2) is 18.2 Å². The normalized spacial score (nSPS) is 10.9. The highest BCUT2D eigenvalue weighted by molar-refractivity contribution is 5.86. The second-order valence-corrected chi connectivity index (χ2v) is 5.04. The molecule has 0 spiro atoms. The van der Waals surface area contributed by atoms with Gasteiger partial charge in [0.1, 0.15) is 11.4 Å². The lowest BCUT2D eigenvalue weighted by atomic mass is 10.2. The Hall–Kier alpha value is -1.71. The van der Waals surface area contributed by atoms with Gasteiger partial charge in [-0.2, -0.15) is 0 Å². The van der Waals surface area contributed by atoms with Crippen molar-refractivity contribution in [2.75, 3.05) is 11.9 Å². The van der Waals surface area contributed by atoms with E-state index in [4.69, 9.17) is 9.47 Å². The number of hydrogen-bond donors (Lipinski definition) is 1. The van der Waals surface area contributed by atoms with Crippen LogP contribution in [0, 0.1) is 6.92 Å². The summed E-state index contributed by atoms with van der Waals surface area (Å²) in [5.74, 6) is 0.731. The van der Waals surface area contributed by atoms with E-state index in [1.807, 2.05) is 46.8 Å². The van der Waals surface area contributed by atoms with Gasteiger partial charge < -0.3 is 9.47 Å². The largest absolute Gasteiger partial charge is 0.494 e. The maximum Gasteiger partial charge on any atom is 0.412 e. The predicted octanol–water partition coefficient (Wildman–Crippen LogP) is 3.74. The van der Waals surface area contributed by atoms with E-state index in [9.17, 15) is 4.79 Å². The van der Waals surface area contributed by atoms with Crippen LogP contribution < -0.4 is 10.1 Å². The molecule has 0 unspecified atom stereocenters. The van der Waals surface area contributed by atoms with Gasteiger partial charge in [0.2, 0.25) is 0 Å². The van der Waals surface area contributed by atoms with Crippen LogP contribution in [0.25, 0.3) is 0 Å².